The molecule has 6 heteroatoms. The minimum absolute atomic E-state index is 0.210. The summed E-state index contributed by atoms with van der Waals surface area (Å²) in [6.07, 6.45) is 4.05. The second kappa shape index (κ2) is 5.61. The standard InChI is InChI=1S/C14H15BrFN3O/c15-12-7-9(16)4-5-11(12)13-18-14(20-19-13)8-2-1-3-10(17)6-8/h4-5,7-8,10H,1-3,6,17H2. The fourth-order valence-corrected chi connectivity index (χ4v) is 3.16. The first kappa shape index (κ1) is 13.7. The van der Waals surface area contributed by atoms with E-state index in [0.29, 0.717) is 16.2 Å². The smallest absolute Gasteiger partial charge is 0.230 e. The second-order valence-corrected chi connectivity index (χ2v) is 6.06. The molecule has 3 rings (SSSR count). The first-order chi connectivity index (χ1) is 9.63. The van der Waals surface area contributed by atoms with Crippen molar-refractivity contribution in [3.8, 4) is 11.4 Å². The zero-order valence-corrected chi connectivity index (χ0v) is 12.4. The van der Waals surface area contributed by atoms with Crippen LogP contribution in [-0.4, -0.2) is 16.2 Å². The summed E-state index contributed by atoms with van der Waals surface area (Å²) < 4.78 is 19.1. The van der Waals surface area contributed by atoms with Gasteiger partial charge in [0.2, 0.25) is 11.7 Å². The quantitative estimate of drug-likeness (QED) is 0.907. The van der Waals surface area contributed by atoms with Crippen LogP contribution in [-0.2, 0) is 0 Å². The zero-order valence-electron chi connectivity index (χ0n) is 10.9. The van der Waals surface area contributed by atoms with Gasteiger partial charge in [0.15, 0.2) is 0 Å². The van der Waals surface area contributed by atoms with Gasteiger partial charge in [0.25, 0.3) is 0 Å². The van der Waals surface area contributed by atoms with Gasteiger partial charge in [-0.25, -0.2) is 4.39 Å². The van der Waals surface area contributed by atoms with Crippen molar-refractivity contribution in [1.82, 2.24) is 10.1 Å². The number of rotatable bonds is 2. The van der Waals surface area contributed by atoms with Crippen LogP contribution >= 0.6 is 15.9 Å². The maximum Gasteiger partial charge on any atom is 0.230 e. The zero-order chi connectivity index (χ0) is 14.1. The van der Waals surface area contributed by atoms with Crippen molar-refractivity contribution >= 4 is 15.9 Å². The molecule has 0 amide bonds. The highest BCUT2D eigenvalue weighted by molar-refractivity contribution is 9.10. The van der Waals surface area contributed by atoms with Crippen molar-refractivity contribution in [3.63, 3.8) is 0 Å². The molecule has 1 aromatic carbocycles. The Bertz CT molecular complexity index is 616. The van der Waals surface area contributed by atoms with Crippen LogP contribution in [0.15, 0.2) is 27.2 Å². The van der Waals surface area contributed by atoms with Crippen LogP contribution in [0.5, 0.6) is 0 Å². The van der Waals surface area contributed by atoms with E-state index in [1.165, 1.54) is 12.1 Å². The maximum atomic E-state index is 13.1. The average Bonchev–Trinajstić information content (AvgIpc) is 2.88. The van der Waals surface area contributed by atoms with Gasteiger partial charge in [-0.15, -0.1) is 0 Å². The topological polar surface area (TPSA) is 64.9 Å². The van der Waals surface area contributed by atoms with Gasteiger partial charge in [-0.2, -0.15) is 4.98 Å². The lowest BCUT2D eigenvalue weighted by molar-refractivity contribution is 0.299. The van der Waals surface area contributed by atoms with Crippen LogP contribution in [0.1, 0.15) is 37.5 Å². The lowest BCUT2D eigenvalue weighted by atomic mass is 9.86. The normalized spacial score (nSPS) is 22.9. The number of hydrogen-bond donors (Lipinski definition) is 1. The SMILES string of the molecule is NC1CCCC(c2nc(-c3ccc(F)cc3Br)no2)C1. The van der Waals surface area contributed by atoms with Gasteiger partial charge < -0.3 is 10.3 Å². The van der Waals surface area contributed by atoms with Gasteiger partial charge in [-0.1, -0.05) is 11.6 Å². The number of halogens is 2. The van der Waals surface area contributed by atoms with E-state index in [0.717, 1.165) is 31.2 Å². The number of aromatic nitrogens is 2. The van der Waals surface area contributed by atoms with E-state index in [4.69, 9.17) is 10.3 Å². The van der Waals surface area contributed by atoms with Crippen molar-refractivity contribution in [2.45, 2.75) is 37.6 Å². The molecule has 0 bridgehead atoms. The van der Waals surface area contributed by atoms with Gasteiger partial charge >= 0.3 is 0 Å². The van der Waals surface area contributed by atoms with Crippen molar-refractivity contribution in [2.75, 3.05) is 0 Å². The van der Waals surface area contributed by atoms with E-state index < -0.39 is 0 Å². The highest BCUT2D eigenvalue weighted by atomic mass is 79.9. The minimum atomic E-state index is -0.303. The number of nitrogens with two attached hydrogens (primary N) is 1. The van der Waals surface area contributed by atoms with Crippen LogP contribution in [0, 0.1) is 5.82 Å². The molecule has 0 aliphatic heterocycles. The molecule has 2 N–H and O–H groups in total. The molecule has 1 aromatic heterocycles. The predicted octanol–water partition coefficient (Wildman–Crippen LogP) is 3.62. The summed E-state index contributed by atoms with van der Waals surface area (Å²) in [5.74, 6) is 1.04. The van der Waals surface area contributed by atoms with E-state index >= 15 is 0 Å². The van der Waals surface area contributed by atoms with Gasteiger partial charge in [-0.05, 0) is 53.4 Å². The highest BCUT2D eigenvalue weighted by Gasteiger charge is 2.26. The van der Waals surface area contributed by atoms with E-state index in [-0.39, 0.29) is 17.8 Å². The predicted molar refractivity (Wildman–Crippen MR) is 76.6 cm³/mol. The molecule has 1 saturated carbocycles. The largest absolute Gasteiger partial charge is 0.339 e. The van der Waals surface area contributed by atoms with E-state index in [1.807, 2.05) is 0 Å². The molecule has 0 radical (unpaired) electrons. The van der Waals surface area contributed by atoms with Crippen LogP contribution in [0.4, 0.5) is 4.39 Å². The molecule has 1 fully saturated rings. The average molecular weight is 340 g/mol. The molecular formula is C14H15BrFN3O. The summed E-state index contributed by atoms with van der Waals surface area (Å²) in [5, 5.41) is 4.00. The van der Waals surface area contributed by atoms with E-state index in [1.54, 1.807) is 6.07 Å². The van der Waals surface area contributed by atoms with Crippen LogP contribution in [0.2, 0.25) is 0 Å². The third kappa shape index (κ3) is 2.76. The third-order valence-corrected chi connectivity index (χ3v) is 4.33. The van der Waals surface area contributed by atoms with Gasteiger partial charge in [0.1, 0.15) is 5.82 Å². The Kier molecular flexibility index (Phi) is 3.85. The minimum Gasteiger partial charge on any atom is -0.339 e. The maximum absolute atomic E-state index is 13.1. The van der Waals surface area contributed by atoms with Gasteiger partial charge in [0, 0.05) is 22.0 Å². The molecule has 1 aliphatic carbocycles. The first-order valence-corrected chi connectivity index (χ1v) is 7.47. The van der Waals surface area contributed by atoms with Crippen LogP contribution in [0.3, 0.4) is 0 Å². The summed E-state index contributed by atoms with van der Waals surface area (Å²) in [6, 6.07) is 4.62. The molecule has 2 aromatic rings. The summed E-state index contributed by atoms with van der Waals surface area (Å²) in [7, 11) is 0. The Morgan fingerprint density at radius 2 is 2.20 bits per heavy atom. The summed E-state index contributed by atoms with van der Waals surface area (Å²) in [5.41, 5.74) is 6.71. The lowest BCUT2D eigenvalue weighted by Gasteiger charge is -2.23. The lowest BCUT2D eigenvalue weighted by Crippen LogP contribution is -2.26. The van der Waals surface area contributed by atoms with Crippen LogP contribution < -0.4 is 5.73 Å². The van der Waals surface area contributed by atoms with Gasteiger partial charge in [-0.3, -0.25) is 0 Å². The Balaban J connectivity index is 1.86. The van der Waals surface area contributed by atoms with Crippen molar-refractivity contribution in [3.05, 3.63) is 34.4 Å². The van der Waals surface area contributed by atoms with E-state index in [9.17, 15) is 4.39 Å². The van der Waals surface area contributed by atoms with Crippen molar-refractivity contribution in [1.29, 1.82) is 0 Å². The Hall–Kier alpha value is -1.27. The molecule has 4 nitrogen and oxygen atoms in total. The molecule has 1 heterocycles. The summed E-state index contributed by atoms with van der Waals surface area (Å²) in [6.45, 7) is 0. The monoisotopic (exact) mass is 339 g/mol. The molecule has 0 spiro atoms. The molecule has 1 aliphatic rings. The van der Waals surface area contributed by atoms with Crippen LogP contribution in [0.25, 0.3) is 11.4 Å². The second-order valence-electron chi connectivity index (χ2n) is 5.20. The molecule has 2 atom stereocenters. The highest BCUT2D eigenvalue weighted by Crippen LogP contribution is 2.33. The fourth-order valence-electron chi connectivity index (χ4n) is 2.63. The molecule has 2 unspecified atom stereocenters. The van der Waals surface area contributed by atoms with E-state index in [2.05, 4.69) is 26.1 Å². The summed E-state index contributed by atoms with van der Waals surface area (Å²) >= 11 is 3.32. The fraction of sp³-hybridized carbons (Fsp3) is 0.429. The third-order valence-electron chi connectivity index (χ3n) is 3.68. The molecule has 0 saturated heterocycles. The van der Waals surface area contributed by atoms with Crippen molar-refractivity contribution < 1.29 is 8.91 Å². The summed E-state index contributed by atoms with van der Waals surface area (Å²) in [4.78, 5) is 4.44. The first-order valence-electron chi connectivity index (χ1n) is 6.68. The molecule has 106 valence electrons. The van der Waals surface area contributed by atoms with Gasteiger partial charge in [0.05, 0.1) is 0 Å². The Labute approximate surface area is 124 Å². The molecule has 20 heavy (non-hydrogen) atoms. The number of nitrogens with zero attached hydrogens (tertiary/aromatic N) is 2. The number of benzene rings is 1. The Morgan fingerprint density at radius 3 is 2.95 bits per heavy atom. The number of hydrogen-bond acceptors (Lipinski definition) is 4. The molecular weight excluding hydrogens is 325 g/mol. The Morgan fingerprint density at radius 1 is 1.35 bits per heavy atom. The van der Waals surface area contributed by atoms with Crippen molar-refractivity contribution in [2.24, 2.45) is 5.73 Å².